The highest BCUT2D eigenvalue weighted by atomic mass is 16.5. The molecule has 0 spiro atoms. The monoisotopic (exact) mass is 280 g/mol. The van der Waals surface area contributed by atoms with Crippen molar-refractivity contribution in [1.82, 2.24) is 0 Å². The zero-order chi connectivity index (χ0) is 14.2. The Bertz CT molecular complexity index is 650. The van der Waals surface area contributed by atoms with Crippen molar-refractivity contribution in [3.05, 3.63) is 65.2 Å². The van der Waals surface area contributed by atoms with E-state index in [9.17, 15) is 5.11 Å². The summed E-state index contributed by atoms with van der Waals surface area (Å²) < 4.78 is 5.80. The minimum absolute atomic E-state index is 0.215. The minimum Gasteiger partial charge on any atom is -0.493 e. The molecule has 4 rings (SSSR count). The van der Waals surface area contributed by atoms with Crippen LogP contribution in [0.2, 0.25) is 0 Å². The number of fused-ring (bicyclic) bond motifs is 2. The smallest absolute Gasteiger partial charge is 0.122 e. The van der Waals surface area contributed by atoms with Gasteiger partial charge in [0.1, 0.15) is 5.75 Å². The Morgan fingerprint density at radius 1 is 1.00 bits per heavy atom. The highest BCUT2D eigenvalue weighted by molar-refractivity contribution is 5.40. The molecule has 0 aromatic heterocycles. The standard InChI is InChI=1S/C19H20O2/c20-18(11-15-9-13-5-1-3-7-17(13)15)16-10-14-6-2-4-8-19(14)21-12-16/h1-8,15-16,18,20H,9-12H2. The van der Waals surface area contributed by atoms with Gasteiger partial charge < -0.3 is 9.84 Å². The van der Waals surface area contributed by atoms with Gasteiger partial charge in [0, 0.05) is 5.92 Å². The van der Waals surface area contributed by atoms with E-state index in [1.54, 1.807) is 0 Å². The van der Waals surface area contributed by atoms with Gasteiger partial charge in [-0.1, -0.05) is 42.5 Å². The predicted octanol–water partition coefficient (Wildman–Crippen LogP) is 3.33. The van der Waals surface area contributed by atoms with E-state index in [0.29, 0.717) is 12.5 Å². The van der Waals surface area contributed by atoms with Crippen LogP contribution >= 0.6 is 0 Å². The number of para-hydroxylation sites is 1. The van der Waals surface area contributed by atoms with Gasteiger partial charge in [0.2, 0.25) is 0 Å². The Morgan fingerprint density at radius 3 is 2.62 bits per heavy atom. The van der Waals surface area contributed by atoms with Crippen molar-refractivity contribution in [3.63, 3.8) is 0 Å². The summed E-state index contributed by atoms with van der Waals surface area (Å²) in [5.41, 5.74) is 4.09. The molecule has 108 valence electrons. The molecule has 0 fully saturated rings. The highest BCUT2D eigenvalue weighted by Crippen LogP contribution is 2.40. The van der Waals surface area contributed by atoms with E-state index in [2.05, 4.69) is 30.3 Å². The SMILES string of the molecule is OC(CC1Cc2ccccc21)C1COc2ccccc2C1. The Morgan fingerprint density at radius 2 is 1.76 bits per heavy atom. The molecule has 21 heavy (non-hydrogen) atoms. The third-order valence-electron chi connectivity index (χ3n) is 4.94. The summed E-state index contributed by atoms with van der Waals surface area (Å²) in [4.78, 5) is 0. The molecule has 2 aliphatic rings. The number of hydrogen-bond donors (Lipinski definition) is 1. The summed E-state index contributed by atoms with van der Waals surface area (Å²) in [6, 6.07) is 16.7. The van der Waals surface area contributed by atoms with Crippen LogP contribution in [-0.2, 0) is 12.8 Å². The second-order valence-corrected chi connectivity index (χ2v) is 6.29. The second-order valence-electron chi connectivity index (χ2n) is 6.29. The maximum atomic E-state index is 10.6. The molecule has 2 aromatic rings. The number of aliphatic hydroxyl groups is 1. The molecular weight excluding hydrogens is 260 g/mol. The third kappa shape index (κ3) is 2.34. The number of benzene rings is 2. The number of ether oxygens (including phenoxy) is 1. The topological polar surface area (TPSA) is 29.5 Å². The van der Waals surface area contributed by atoms with Gasteiger partial charge >= 0.3 is 0 Å². The largest absolute Gasteiger partial charge is 0.493 e. The molecule has 1 N–H and O–H groups in total. The van der Waals surface area contributed by atoms with Crippen molar-refractivity contribution < 1.29 is 9.84 Å². The van der Waals surface area contributed by atoms with Gasteiger partial charge in [-0.25, -0.2) is 0 Å². The molecular formula is C19H20O2. The first-order valence-corrected chi connectivity index (χ1v) is 7.78. The lowest BCUT2D eigenvalue weighted by atomic mass is 9.73. The fourth-order valence-corrected chi connectivity index (χ4v) is 3.66. The first-order chi connectivity index (χ1) is 10.3. The zero-order valence-electron chi connectivity index (χ0n) is 12.0. The Labute approximate surface area is 125 Å². The Balaban J connectivity index is 1.42. The first-order valence-electron chi connectivity index (χ1n) is 7.78. The Hall–Kier alpha value is -1.80. The van der Waals surface area contributed by atoms with Crippen molar-refractivity contribution in [2.45, 2.75) is 31.3 Å². The van der Waals surface area contributed by atoms with E-state index in [1.807, 2.05) is 18.2 Å². The summed E-state index contributed by atoms with van der Waals surface area (Å²) in [7, 11) is 0. The molecule has 1 heterocycles. The lowest BCUT2D eigenvalue weighted by Crippen LogP contribution is -2.34. The minimum atomic E-state index is -0.281. The quantitative estimate of drug-likeness (QED) is 0.934. The van der Waals surface area contributed by atoms with Crippen LogP contribution in [0.3, 0.4) is 0 Å². The highest BCUT2D eigenvalue weighted by Gasteiger charge is 2.32. The second kappa shape index (κ2) is 5.19. The summed E-state index contributed by atoms with van der Waals surface area (Å²) in [5, 5.41) is 10.6. The molecule has 0 saturated carbocycles. The molecule has 3 unspecified atom stereocenters. The molecule has 0 amide bonds. The van der Waals surface area contributed by atoms with Crippen LogP contribution in [0.4, 0.5) is 0 Å². The van der Waals surface area contributed by atoms with Crippen molar-refractivity contribution in [2.24, 2.45) is 5.92 Å². The average Bonchev–Trinajstić information content (AvgIpc) is 2.52. The molecule has 1 aliphatic carbocycles. The first kappa shape index (κ1) is 12.9. The van der Waals surface area contributed by atoms with Crippen LogP contribution in [0, 0.1) is 5.92 Å². The van der Waals surface area contributed by atoms with E-state index in [-0.39, 0.29) is 12.0 Å². The lowest BCUT2D eigenvalue weighted by molar-refractivity contribution is 0.0517. The van der Waals surface area contributed by atoms with Crippen molar-refractivity contribution in [2.75, 3.05) is 6.61 Å². The zero-order valence-corrected chi connectivity index (χ0v) is 12.0. The van der Waals surface area contributed by atoms with Crippen LogP contribution in [-0.4, -0.2) is 17.8 Å². The third-order valence-corrected chi connectivity index (χ3v) is 4.94. The van der Waals surface area contributed by atoms with Gasteiger partial charge in [0.25, 0.3) is 0 Å². The van der Waals surface area contributed by atoms with Crippen LogP contribution < -0.4 is 4.74 Å². The van der Waals surface area contributed by atoms with E-state index >= 15 is 0 Å². The van der Waals surface area contributed by atoms with E-state index < -0.39 is 0 Å². The predicted molar refractivity (Wildman–Crippen MR) is 82.6 cm³/mol. The molecule has 2 heteroatoms. The summed E-state index contributed by atoms with van der Waals surface area (Å²) in [6.07, 6.45) is 2.60. The van der Waals surface area contributed by atoms with Gasteiger partial charge in [-0.3, -0.25) is 0 Å². The van der Waals surface area contributed by atoms with E-state index in [4.69, 9.17) is 4.74 Å². The molecule has 2 nitrogen and oxygen atoms in total. The van der Waals surface area contributed by atoms with Crippen molar-refractivity contribution >= 4 is 0 Å². The van der Waals surface area contributed by atoms with Crippen LogP contribution in [0.15, 0.2) is 48.5 Å². The molecule has 3 atom stereocenters. The van der Waals surface area contributed by atoms with Gasteiger partial charge in [0.05, 0.1) is 12.7 Å². The molecule has 2 aromatic carbocycles. The number of hydrogen-bond acceptors (Lipinski definition) is 2. The van der Waals surface area contributed by atoms with Crippen molar-refractivity contribution in [1.29, 1.82) is 0 Å². The van der Waals surface area contributed by atoms with Crippen LogP contribution in [0.5, 0.6) is 5.75 Å². The molecule has 0 radical (unpaired) electrons. The average molecular weight is 280 g/mol. The fourth-order valence-electron chi connectivity index (χ4n) is 3.66. The van der Waals surface area contributed by atoms with E-state index in [0.717, 1.165) is 25.0 Å². The maximum Gasteiger partial charge on any atom is 0.122 e. The fraction of sp³-hybridized carbons (Fsp3) is 0.368. The molecule has 1 aliphatic heterocycles. The van der Waals surface area contributed by atoms with Crippen molar-refractivity contribution in [3.8, 4) is 5.75 Å². The lowest BCUT2D eigenvalue weighted by Gasteiger charge is -2.35. The van der Waals surface area contributed by atoms with Crippen LogP contribution in [0.25, 0.3) is 0 Å². The maximum absolute atomic E-state index is 10.6. The number of aliphatic hydroxyl groups excluding tert-OH is 1. The Kier molecular flexibility index (Phi) is 3.19. The molecule has 0 saturated heterocycles. The summed E-state index contributed by atoms with van der Waals surface area (Å²) >= 11 is 0. The van der Waals surface area contributed by atoms with Gasteiger partial charge in [0.15, 0.2) is 0 Å². The normalized spacial score (nSPS) is 24.2. The summed E-state index contributed by atoms with van der Waals surface area (Å²) in [5.74, 6) is 1.72. The van der Waals surface area contributed by atoms with Gasteiger partial charge in [-0.2, -0.15) is 0 Å². The van der Waals surface area contributed by atoms with Crippen LogP contribution in [0.1, 0.15) is 29.0 Å². The van der Waals surface area contributed by atoms with E-state index in [1.165, 1.54) is 16.7 Å². The summed E-state index contributed by atoms with van der Waals surface area (Å²) in [6.45, 7) is 0.631. The number of rotatable bonds is 3. The van der Waals surface area contributed by atoms with Gasteiger partial charge in [-0.15, -0.1) is 0 Å². The molecule has 0 bridgehead atoms. The van der Waals surface area contributed by atoms with Gasteiger partial charge in [-0.05, 0) is 47.9 Å².